The van der Waals surface area contributed by atoms with Crippen LogP contribution in [0.15, 0.2) is 97.1 Å². The van der Waals surface area contributed by atoms with Gasteiger partial charge in [0.2, 0.25) is 23.8 Å². The van der Waals surface area contributed by atoms with Crippen LogP contribution in [0, 0.1) is 0 Å². The van der Waals surface area contributed by atoms with Crippen molar-refractivity contribution in [3.63, 3.8) is 0 Å². The highest BCUT2D eigenvalue weighted by molar-refractivity contribution is 6.13. The van der Waals surface area contributed by atoms with Gasteiger partial charge in [0.15, 0.2) is 11.6 Å². The molecular weight excluding hydrogens is 1160 g/mol. The topological polar surface area (TPSA) is 205 Å². The highest BCUT2D eigenvalue weighted by atomic mass is 16.5. The minimum Gasteiger partial charge on any atom is -0.377 e. The van der Waals surface area contributed by atoms with E-state index in [9.17, 15) is 0 Å². The number of urea groups is 2. The molecule has 9 aliphatic rings. The van der Waals surface area contributed by atoms with Crippen molar-refractivity contribution in [2.75, 3.05) is 169 Å². The van der Waals surface area contributed by atoms with Gasteiger partial charge >= 0.3 is 12.1 Å². The molecule has 6 unspecified atom stereocenters. The van der Waals surface area contributed by atoms with Crippen LogP contribution in [0.25, 0.3) is 22.8 Å². The molecule has 24 nitrogen and oxygen atoms in total. The zero-order chi connectivity index (χ0) is 62.4. The number of nitrogens with one attached hydrogen (secondary N) is 2. The number of morpholine rings is 4. The molecule has 92 heavy (non-hydrogen) atoms. The molecule has 6 atom stereocenters. The van der Waals surface area contributed by atoms with Crippen molar-refractivity contribution in [1.82, 2.24) is 39.7 Å². The number of carbonyl (C=O) groups excluding carboxylic acids is 2. The van der Waals surface area contributed by atoms with Gasteiger partial charge in [0.05, 0.1) is 100 Å². The Morgan fingerprint density at radius 1 is 0.424 bits per heavy atom. The number of fused-ring (bicyclic) bond motifs is 4. The van der Waals surface area contributed by atoms with Gasteiger partial charge in [-0.2, -0.15) is 39.9 Å². The molecule has 15 rings (SSSR count). The smallest absolute Gasteiger partial charge is 0.345 e. The largest absolute Gasteiger partial charge is 0.377 e. The van der Waals surface area contributed by atoms with Crippen LogP contribution in [0.1, 0.15) is 65.2 Å². The second-order valence-electron chi connectivity index (χ2n) is 26.5. The first kappa shape index (κ1) is 60.3. The van der Waals surface area contributed by atoms with Gasteiger partial charge in [0, 0.05) is 98.3 Å². The predicted octanol–water partition coefficient (Wildman–Crippen LogP) is 8.08. The average molecular weight is 1250 g/mol. The van der Waals surface area contributed by atoms with Crippen molar-refractivity contribution in [3.8, 4) is 22.8 Å². The van der Waals surface area contributed by atoms with E-state index < -0.39 is 12.1 Å². The Kier molecular flexibility index (Phi) is 17.1. The van der Waals surface area contributed by atoms with Gasteiger partial charge in [-0.25, -0.2) is 9.59 Å². The first-order chi connectivity index (χ1) is 45.0. The molecule has 484 valence electrons. The lowest BCUT2D eigenvalue weighted by Gasteiger charge is -2.37. The second kappa shape index (κ2) is 26.2. The molecule has 8 aliphatic heterocycles. The maximum atomic E-state index is 15.8. The Morgan fingerprint density at radius 3 is 1.21 bits per heavy atom. The molecule has 6 aromatic rings. The number of carbonyl (C=O) groups is 2. The summed E-state index contributed by atoms with van der Waals surface area (Å²) in [6.07, 6.45) is 8.73. The molecule has 1 aliphatic carbocycles. The average Bonchev–Trinajstić information content (AvgIpc) is 1.35. The number of hydrazine groups is 1. The van der Waals surface area contributed by atoms with Crippen LogP contribution in [0.2, 0.25) is 0 Å². The summed E-state index contributed by atoms with van der Waals surface area (Å²) >= 11 is 0. The lowest BCUT2D eigenvalue weighted by molar-refractivity contribution is 0.0895. The summed E-state index contributed by atoms with van der Waals surface area (Å²) in [5, 5.41) is 9.23. The zero-order valence-corrected chi connectivity index (χ0v) is 53.4. The van der Waals surface area contributed by atoms with Crippen molar-refractivity contribution in [2.24, 2.45) is 0 Å². The first-order valence-corrected chi connectivity index (χ1v) is 33.5. The number of aromatic nitrogens is 6. The van der Waals surface area contributed by atoms with E-state index in [4.69, 9.17) is 48.9 Å². The van der Waals surface area contributed by atoms with Gasteiger partial charge in [-0.05, 0) is 176 Å². The number of nitrogens with zero attached hydrogens (tertiary/aromatic N) is 16. The fourth-order valence-corrected chi connectivity index (χ4v) is 14.9. The molecule has 0 radical (unpaired) electrons. The summed E-state index contributed by atoms with van der Waals surface area (Å²) in [7, 11) is 4.30. The number of rotatable bonds is 14. The molecule has 2 N–H and O–H groups in total. The van der Waals surface area contributed by atoms with Gasteiger partial charge < -0.3 is 63.9 Å². The Morgan fingerprint density at radius 2 is 0.815 bits per heavy atom. The highest BCUT2D eigenvalue weighted by Gasteiger charge is 2.42. The summed E-state index contributed by atoms with van der Waals surface area (Å²) < 4.78 is 23.8. The number of benzene rings is 4. The van der Waals surface area contributed by atoms with Crippen molar-refractivity contribution >= 4 is 70.0 Å². The summed E-state index contributed by atoms with van der Waals surface area (Å²) in [4.78, 5) is 81.3. The Hall–Kier alpha value is -8.00. The number of amides is 4. The molecule has 9 fully saturated rings. The molecule has 1 saturated carbocycles. The van der Waals surface area contributed by atoms with E-state index in [1.807, 2.05) is 72.8 Å². The number of anilines is 10. The summed E-state index contributed by atoms with van der Waals surface area (Å²) in [5.74, 6) is 3.41. The Balaban J connectivity index is 0.803. The third-order valence-corrected chi connectivity index (χ3v) is 20.3. The zero-order valence-electron chi connectivity index (χ0n) is 53.4. The quantitative estimate of drug-likeness (QED) is 0.0989. The standard InChI is InChI=1S/C68H86N18O6/c1-45-39-89-37-35-81(45)63-71-61(73-65(75-63)83-57-23-24-58(83)42-91-41-57)47-5-13-55(14-6-47)85(67(87)69-49-9-17-52(18-10-49)78-29-27-51(28-30-78)77(3)4)86(68(88)70-50-11-19-53(20-12-50)79-31-33-80(34-32-79)54-21-22-54)56-15-7-48(8-16-56)62-72-64(82-36-38-90-40-46(82)2)76-66(74-62)84-59-25-26-60(84)44-92-43-59/h5-20,45-46,51,54,57-60H,21-44H2,1-4H3,(H,69,87)(H,70,88). The maximum absolute atomic E-state index is 15.8. The molecule has 10 heterocycles. The van der Waals surface area contributed by atoms with E-state index in [0.717, 1.165) is 95.2 Å². The SMILES string of the molecule is CC1COCCN1c1nc(-c2ccc(N(C(=O)Nc3ccc(N4CCC(N(C)C)CC4)cc3)N(C(=O)Nc3ccc(N4CCN(C5CC5)CC4)cc3)c3ccc(-c4nc(N5CCOCC5C)nc(N5C6CCC5COC6)n4)cc3)cc2)nc(N2C3CCC2COC3)n1. The van der Waals surface area contributed by atoms with Crippen LogP contribution in [0.3, 0.4) is 0 Å². The minimum atomic E-state index is -0.572. The number of hydrogen-bond donors (Lipinski definition) is 2. The molecule has 24 heteroatoms. The fraction of sp³-hybridized carbons (Fsp3) is 0.529. The van der Waals surface area contributed by atoms with E-state index in [1.165, 1.54) is 22.9 Å². The summed E-state index contributed by atoms with van der Waals surface area (Å²) in [6.45, 7) is 16.1. The highest BCUT2D eigenvalue weighted by Crippen LogP contribution is 2.38. The number of piperidine rings is 1. The van der Waals surface area contributed by atoms with Gasteiger partial charge in [-0.3, -0.25) is 4.90 Å². The van der Waals surface area contributed by atoms with Crippen molar-refractivity contribution < 1.29 is 28.5 Å². The summed E-state index contributed by atoms with van der Waals surface area (Å²) in [6, 6.07) is 31.9. The normalized spacial score (nSPS) is 24.5. The van der Waals surface area contributed by atoms with E-state index in [2.05, 4.69) is 102 Å². The van der Waals surface area contributed by atoms with E-state index in [-0.39, 0.29) is 36.3 Å². The number of ether oxygens (including phenoxy) is 4. The van der Waals surface area contributed by atoms with E-state index in [0.29, 0.717) is 141 Å². The molecular formula is C68H86N18O6. The fourth-order valence-electron chi connectivity index (χ4n) is 14.9. The molecule has 4 amide bonds. The molecule has 0 spiro atoms. The van der Waals surface area contributed by atoms with Gasteiger partial charge in [0.1, 0.15) is 0 Å². The van der Waals surface area contributed by atoms with Crippen LogP contribution in [0.5, 0.6) is 0 Å². The van der Waals surface area contributed by atoms with Crippen LogP contribution < -0.4 is 50.1 Å². The van der Waals surface area contributed by atoms with Crippen molar-refractivity contribution in [3.05, 3.63) is 97.1 Å². The molecule has 2 aromatic heterocycles. The van der Waals surface area contributed by atoms with Gasteiger partial charge in [-0.1, -0.05) is 0 Å². The van der Waals surface area contributed by atoms with Crippen LogP contribution in [0.4, 0.5) is 67.5 Å². The molecule has 8 saturated heterocycles. The van der Waals surface area contributed by atoms with Crippen molar-refractivity contribution in [2.45, 2.75) is 114 Å². The number of piperazine rings is 1. The summed E-state index contributed by atoms with van der Waals surface area (Å²) in [5.41, 5.74) is 5.56. The molecule has 4 bridgehead atoms. The maximum Gasteiger partial charge on any atom is 0.345 e. The van der Waals surface area contributed by atoms with Gasteiger partial charge in [-0.15, -0.1) is 0 Å². The predicted molar refractivity (Wildman–Crippen MR) is 358 cm³/mol. The third kappa shape index (κ3) is 12.6. The lowest BCUT2D eigenvalue weighted by atomic mass is 10.0. The molecule has 4 aromatic carbocycles. The Bertz CT molecular complexity index is 3300. The third-order valence-electron chi connectivity index (χ3n) is 20.3. The van der Waals surface area contributed by atoms with E-state index >= 15 is 9.59 Å². The Labute approximate surface area is 538 Å². The minimum absolute atomic E-state index is 0.0488. The second-order valence-corrected chi connectivity index (χ2v) is 26.5. The van der Waals surface area contributed by atoms with E-state index in [1.54, 1.807) is 0 Å². The van der Waals surface area contributed by atoms with Gasteiger partial charge in [0.25, 0.3) is 0 Å². The monoisotopic (exact) mass is 1250 g/mol. The van der Waals surface area contributed by atoms with Crippen molar-refractivity contribution in [1.29, 1.82) is 0 Å². The lowest BCUT2D eigenvalue weighted by Crippen LogP contribution is -2.54. The first-order valence-electron chi connectivity index (χ1n) is 33.5. The van der Waals surface area contributed by atoms with Crippen LogP contribution >= 0.6 is 0 Å². The van der Waals surface area contributed by atoms with Crippen LogP contribution in [-0.4, -0.2) is 219 Å². The van der Waals surface area contributed by atoms with Crippen LogP contribution in [-0.2, 0) is 18.9 Å². The number of hydrogen-bond acceptors (Lipinski definition) is 20.